The van der Waals surface area contributed by atoms with Crippen molar-refractivity contribution in [3.8, 4) is 0 Å². The number of benzene rings is 1. The van der Waals surface area contributed by atoms with Crippen LogP contribution in [0.2, 0.25) is 0 Å². The molecule has 1 aromatic carbocycles. The molecule has 1 saturated carbocycles. The van der Waals surface area contributed by atoms with Crippen LogP contribution in [0.4, 0.5) is 0 Å². The van der Waals surface area contributed by atoms with Gasteiger partial charge in [-0.05, 0) is 49.1 Å². The van der Waals surface area contributed by atoms with E-state index in [2.05, 4.69) is 30.3 Å². The molecule has 1 aromatic rings. The Morgan fingerprint density at radius 3 is 2.21 bits per heavy atom. The van der Waals surface area contributed by atoms with Crippen LogP contribution in [0.1, 0.15) is 51.4 Å². The van der Waals surface area contributed by atoms with Crippen molar-refractivity contribution in [1.29, 1.82) is 0 Å². The topological polar surface area (TPSA) is 26.0 Å². The molecule has 0 saturated heterocycles. The molecule has 19 heavy (non-hydrogen) atoms. The Morgan fingerprint density at radius 1 is 0.947 bits per heavy atom. The molecule has 0 aliphatic heterocycles. The molecule has 1 nitrogen and oxygen atoms in total. The summed E-state index contributed by atoms with van der Waals surface area (Å²) in [6.07, 6.45) is 11.0. The van der Waals surface area contributed by atoms with Crippen molar-refractivity contribution in [2.75, 3.05) is 12.3 Å². The predicted molar refractivity (Wildman–Crippen MR) is 85.6 cm³/mol. The monoisotopic (exact) mass is 277 g/mol. The smallest absolute Gasteiger partial charge is 0.00719 e. The van der Waals surface area contributed by atoms with Crippen LogP contribution in [0.15, 0.2) is 35.2 Å². The zero-order chi connectivity index (χ0) is 13.4. The van der Waals surface area contributed by atoms with Crippen LogP contribution in [-0.2, 0) is 0 Å². The van der Waals surface area contributed by atoms with Gasteiger partial charge in [-0.25, -0.2) is 0 Å². The molecule has 2 N–H and O–H groups in total. The summed E-state index contributed by atoms with van der Waals surface area (Å²) in [6, 6.07) is 10.7. The van der Waals surface area contributed by atoms with Crippen LogP contribution in [0, 0.1) is 5.41 Å². The summed E-state index contributed by atoms with van der Waals surface area (Å²) in [5, 5.41) is 0. The van der Waals surface area contributed by atoms with Crippen molar-refractivity contribution in [3.63, 3.8) is 0 Å². The lowest BCUT2D eigenvalue weighted by Gasteiger charge is -2.34. The fraction of sp³-hybridized carbons (Fsp3) is 0.647. The zero-order valence-electron chi connectivity index (χ0n) is 11.9. The van der Waals surface area contributed by atoms with Gasteiger partial charge in [0.1, 0.15) is 0 Å². The third-order valence-electron chi connectivity index (χ3n) is 4.49. The molecular formula is C17H27NS. The Kier molecular flexibility index (Phi) is 6.25. The number of nitrogens with two attached hydrogens (primary N) is 1. The Bertz CT molecular complexity index is 342. The maximum absolute atomic E-state index is 6.13. The van der Waals surface area contributed by atoms with E-state index in [0.717, 1.165) is 6.54 Å². The molecule has 0 bridgehead atoms. The molecule has 1 fully saturated rings. The molecule has 0 unspecified atom stereocenters. The first-order chi connectivity index (χ1) is 9.35. The molecule has 2 rings (SSSR count). The summed E-state index contributed by atoms with van der Waals surface area (Å²) in [4.78, 5) is 1.39. The van der Waals surface area contributed by atoms with Gasteiger partial charge in [0, 0.05) is 4.90 Å². The summed E-state index contributed by atoms with van der Waals surface area (Å²) in [6.45, 7) is 0.877. The van der Waals surface area contributed by atoms with Crippen molar-refractivity contribution in [3.05, 3.63) is 30.3 Å². The summed E-state index contributed by atoms with van der Waals surface area (Å²) in [7, 11) is 0. The molecule has 106 valence electrons. The largest absolute Gasteiger partial charge is 0.330 e. The zero-order valence-corrected chi connectivity index (χ0v) is 12.8. The Balaban J connectivity index is 1.83. The van der Waals surface area contributed by atoms with Crippen LogP contribution in [0.25, 0.3) is 0 Å². The minimum atomic E-state index is 0.433. The fourth-order valence-corrected chi connectivity index (χ4v) is 4.23. The molecule has 0 heterocycles. The van der Waals surface area contributed by atoms with E-state index >= 15 is 0 Å². The van der Waals surface area contributed by atoms with Crippen molar-refractivity contribution < 1.29 is 0 Å². The molecular weight excluding hydrogens is 250 g/mol. The molecule has 0 aromatic heterocycles. The molecule has 2 heteroatoms. The minimum Gasteiger partial charge on any atom is -0.330 e. The molecule has 0 amide bonds. The van der Waals surface area contributed by atoms with Crippen LogP contribution >= 0.6 is 11.8 Å². The quantitative estimate of drug-likeness (QED) is 0.778. The van der Waals surface area contributed by atoms with E-state index in [-0.39, 0.29) is 0 Å². The first kappa shape index (κ1) is 14.9. The van der Waals surface area contributed by atoms with Gasteiger partial charge in [0.15, 0.2) is 0 Å². The van der Waals surface area contributed by atoms with Gasteiger partial charge < -0.3 is 5.73 Å². The SMILES string of the molecule is NCC1(CCSc2ccccc2)CCCCCCC1. The maximum Gasteiger partial charge on any atom is 0.00719 e. The fourth-order valence-electron chi connectivity index (χ4n) is 3.11. The first-order valence-electron chi connectivity index (χ1n) is 7.73. The average Bonchev–Trinajstić information content (AvgIpc) is 2.43. The average molecular weight is 277 g/mol. The minimum absolute atomic E-state index is 0.433. The number of thioether (sulfide) groups is 1. The van der Waals surface area contributed by atoms with Gasteiger partial charge in [0.2, 0.25) is 0 Å². The molecule has 0 spiro atoms. The molecule has 0 atom stereocenters. The van der Waals surface area contributed by atoms with E-state index in [4.69, 9.17) is 5.73 Å². The van der Waals surface area contributed by atoms with E-state index in [9.17, 15) is 0 Å². The maximum atomic E-state index is 6.13. The molecule has 1 aliphatic carbocycles. The van der Waals surface area contributed by atoms with Gasteiger partial charge in [0.25, 0.3) is 0 Å². The Labute approximate surface area is 122 Å². The van der Waals surface area contributed by atoms with Gasteiger partial charge in [0.05, 0.1) is 0 Å². The van der Waals surface area contributed by atoms with E-state index in [1.165, 1.54) is 62.0 Å². The van der Waals surface area contributed by atoms with Crippen molar-refractivity contribution in [2.45, 2.75) is 56.3 Å². The van der Waals surface area contributed by atoms with Crippen molar-refractivity contribution >= 4 is 11.8 Å². The predicted octanol–water partition coefficient (Wildman–Crippen LogP) is 4.86. The van der Waals surface area contributed by atoms with E-state index in [0.29, 0.717) is 5.41 Å². The summed E-state index contributed by atoms with van der Waals surface area (Å²) in [5.41, 5.74) is 6.56. The van der Waals surface area contributed by atoms with E-state index in [1.807, 2.05) is 11.8 Å². The van der Waals surface area contributed by atoms with Crippen molar-refractivity contribution in [1.82, 2.24) is 0 Å². The number of rotatable bonds is 5. The first-order valence-corrected chi connectivity index (χ1v) is 8.71. The van der Waals surface area contributed by atoms with Gasteiger partial charge in [-0.15, -0.1) is 11.8 Å². The Hall–Kier alpha value is -0.470. The lowest BCUT2D eigenvalue weighted by atomic mass is 9.74. The highest BCUT2D eigenvalue weighted by Gasteiger charge is 2.28. The highest BCUT2D eigenvalue weighted by molar-refractivity contribution is 7.99. The van der Waals surface area contributed by atoms with Gasteiger partial charge in [-0.2, -0.15) is 0 Å². The number of hydrogen-bond donors (Lipinski definition) is 1. The molecule has 1 aliphatic rings. The van der Waals surface area contributed by atoms with Crippen molar-refractivity contribution in [2.24, 2.45) is 11.1 Å². The Morgan fingerprint density at radius 2 is 1.58 bits per heavy atom. The normalized spacial score (nSPS) is 19.6. The van der Waals surface area contributed by atoms with Gasteiger partial charge in [-0.1, -0.05) is 50.3 Å². The van der Waals surface area contributed by atoms with E-state index < -0.39 is 0 Å². The second-order valence-electron chi connectivity index (χ2n) is 5.88. The lowest BCUT2D eigenvalue weighted by molar-refractivity contribution is 0.212. The highest BCUT2D eigenvalue weighted by Crippen LogP contribution is 2.38. The lowest BCUT2D eigenvalue weighted by Crippen LogP contribution is -2.32. The second-order valence-corrected chi connectivity index (χ2v) is 7.05. The third kappa shape index (κ3) is 4.85. The van der Waals surface area contributed by atoms with E-state index in [1.54, 1.807) is 0 Å². The van der Waals surface area contributed by atoms with Crippen LogP contribution < -0.4 is 5.73 Å². The van der Waals surface area contributed by atoms with Gasteiger partial charge >= 0.3 is 0 Å². The summed E-state index contributed by atoms with van der Waals surface area (Å²) in [5.74, 6) is 1.21. The summed E-state index contributed by atoms with van der Waals surface area (Å²) < 4.78 is 0. The number of hydrogen-bond acceptors (Lipinski definition) is 2. The van der Waals surface area contributed by atoms with Crippen LogP contribution in [0.3, 0.4) is 0 Å². The third-order valence-corrected chi connectivity index (χ3v) is 5.51. The summed E-state index contributed by atoms with van der Waals surface area (Å²) >= 11 is 1.98. The van der Waals surface area contributed by atoms with Gasteiger partial charge in [-0.3, -0.25) is 0 Å². The molecule has 0 radical (unpaired) electrons. The highest BCUT2D eigenvalue weighted by atomic mass is 32.2. The standard InChI is InChI=1S/C17H27NS/c18-15-17(11-7-2-1-3-8-12-17)13-14-19-16-9-5-4-6-10-16/h4-6,9-10H,1-3,7-8,11-15,18H2. The second kappa shape index (κ2) is 7.96. The van der Waals surface area contributed by atoms with Crippen LogP contribution in [-0.4, -0.2) is 12.3 Å². The van der Waals surface area contributed by atoms with Crippen LogP contribution in [0.5, 0.6) is 0 Å².